The molecule has 27 heavy (non-hydrogen) atoms. The first-order chi connectivity index (χ1) is 12.8. The Bertz CT molecular complexity index is 808. The minimum Gasteiger partial charge on any atom is -0.491 e. The zero-order valence-corrected chi connectivity index (χ0v) is 16.3. The molecular formula is C23H28F2O2. The van der Waals surface area contributed by atoms with Crippen molar-refractivity contribution in [3.05, 3.63) is 53.6 Å². The van der Waals surface area contributed by atoms with Crippen molar-refractivity contribution in [2.75, 3.05) is 6.61 Å². The third-order valence-electron chi connectivity index (χ3n) is 6.19. The Morgan fingerprint density at radius 1 is 0.963 bits per heavy atom. The summed E-state index contributed by atoms with van der Waals surface area (Å²) in [6.07, 6.45) is 4.20. The summed E-state index contributed by atoms with van der Waals surface area (Å²) in [5.41, 5.74) is 0.642. The van der Waals surface area contributed by atoms with Crippen molar-refractivity contribution in [1.82, 2.24) is 0 Å². The minimum atomic E-state index is -0.988. The van der Waals surface area contributed by atoms with E-state index in [1.54, 1.807) is 25.1 Å². The number of ether oxygens (including phenoxy) is 1. The molecular weight excluding hydrogens is 346 g/mol. The molecule has 0 atom stereocenters. The first-order valence-corrected chi connectivity index (χ1v) is 9.75. The molecule has 0 saturated heterocycles. The summed E-state index contributed by atoms with van der Waals surface area (Å²) in [5, 5.41) is 11.1. The van der Waals surface area contributed by atoms with Crippen LogP contribution >= 0.6 is 0 Å². The molecule has 146 valence electrons. The number of rotatable bonds is 5. The predicted molar refractivity (Wildman–Crippen MR) is 104 cm³/mol. The van der Waals surface area contributed by atoms with E-state index in [-0.39, 0.29) is 11.2 Å². The summed E-state index contributed by atoms with van der Waals surface area (Å²) in [6, 6.07) is 9.24. The molecule has 0 aliphatic heterocycles. The smallest absolute Gasteiger partial charge is 0.165 e. The van der Waals surface area contributed by atoms with E-state index in [0.29, 0.717) is 36.1 Å². The van der Waals surface area contributed by atoms with Gasteiger partial charge in [0, 0.05) is 5.56 Å². The summed E-state index contributed by atoms with van der Waals surface area (Å²) in [7, 11) is 0. The highest BCUT2D eigenvalue weighted by atomic mass is 19.1. The fourth-order valence-electron chi connectivity index (χ4n) is 3.89. The van der Waals surface area contributed by atoms with Crippen LogP contribution in [-0.2, 0) is 5.60 Å². The van der Waals surface area contributed by atoms with Crippen LogP contribution in [0.3, 0.4) is 0 Å². The number of halogens is 2. The summed E-state index contributed by atoms with van der Waals surface area (Å²) in [4.78, 5) is 0. The van der Waals surface area contributed by atoms with Crippen LogP contribution < -0.4 is 4.74 Å². The molecule has 2 aromatic rings. The molecule has 1 fully saturated rings. The van der Waals surface area contributed by atoms with Gasteiger partial charge >= 0.3 is 0 Å². The van der Waals surface area contributed by atoms with Gasteiger partial charge < -0.3 is 9.84 Å². The molecule has 0 amide bonds. The van der Waals surface area contributed by atoms with Crippen LogP contribution in [0.15, 0.2) is 36.4 Å². The fraction of sp³-hybridized carbons (Fsp3) is 0.478. The van der Waals surface area contributed by atoms with Crippen molar-refractivity contribution in [3.8, 4) is 16.9 Å². The Morgan fingerprint density at radius 2 is 1.67 bits per heavy atom. The largest absolute Gasteiger partial charge is 0.491 e. The Morgan fingerprint density at radius 3 is 2.22 bits per heavy atom. The van der Waals surface area contributed by atoms with Crippen molar-refractivity contribution < 1.29 is 18.6 Å². The molecule has 0 aromatic heterocycles. The van der Waals surface area contributed by atoms with E-state index in [2.05, 4.69) is 13.8 Å². The molecule has 0 heterocycles. The van der Waals surface area contributed by atoms with Gasteiger partial charge in [-0.25, -0.2) is 8.78 Å². The van der Waals surface area contributed by atoms with Crippen LogP contribution in [-0.4, -0.2) is 11.7 Å². The van der Waals surface area contributed by atoms with E-state index in [9.17, 15) is 13.9 Å². The standard InChI is InChI=1S/C23H28F2O2/c1-4-22(3)10-12-23(26,13-11-22)17-7-8-18(19(24)15-17)16-6-9-21(27-5-2)20(25)14-16/h6-9,14-15,26H,4-5,10-13H2,1-3H3. The van der Waals surface area contributed by atoms with Gasteiger partial charge in [-0.2, -0.15) is 0 Å². The fourth-order valence-corrected chi connectivity index (χ4v) is 3.89. The third-order valence-corrected chi connectivity index (χ3v) is 6.19. The first kappa shape index (κ1) is 19.8. The highest BCUT2D eigenvalue weighted by molar-refractivity contribution is 5.65. The second kappa shape index (κ2) is 7.59. The molecule has 1 N–H and O–H groups in total. The normalized spacial score (nSPS) is 25.4. The van der Waals surface area contributed by atoms with E-state index in [1.807, 2.05) is 0 Å². The molecule has 1 aliphatic carbocycles. The summed E-state index contributed by atoms with van der Waals surface area (Å²) in [6.45, 7) is 6.57. The van der Waals surface area contributed by atoms with Crippen LogP contribution in [0.2, 0.25) is 0 Å². The Labute approximate surface area is 160 Å². The number of aliphatic hydroxyl groups is 1. The highest BCUT2D eigenvalue weighted by Gasteiger charge is 2.39. The molecule has 3 rings (SSSR count). The first-order valence-electron chi connectivity index (χ1n) is 9.75. The maximum atomic E-state index is 14.8. The van der Waals surface area contributed by atoms with Crippen molar-refractivity contribution >= 4 is 0 Å². The molecule has 4 heteroatoms. The lowest BCUT2D eigenvalue weighted by atomic mass is 9.66. The van der Waals surface area contributed by atoms with Gasteiger partial charge in [-0.3, -0.25) is 0 Å². The molecule has 1 aliphatic rings. The second-order valence-electron chi connectivity index (χ2n) is 7.97. The van der Waals surface area contributed by atoms with Crippen molar-refractivity contribution in [2.24, 2.45) is 5.41 Å². The average molecular weight is 374 g/mol. The molecule has 2 nitrogen and oxygen atoms in total. The topological polar surface area (TPSA) is 29.5 Å². The lowest BCUT2D eigenvalue weighted by Gasteiger charge is -2.42. The summed E-state index contributed by atoms with van der Waals surface area (Å²) >= 11 is 0. The van der Waals surface area contributed by atoms with Crippen LogP contribution in [0.1, 0.15) is 58.4 Å². The molecule has 2 aromatic carbocycles. The number of hydrogen-bond donors (Lipinski definition) is 1. The van der Waals surface area contributed by atoms with Crippen LogP contribution in [0.25, 0.3) is 11.1 Å². The molecule has 0 radical (unpaired) electrons. The van der Waals surface area contributed by atoms with Gasteiger partial charge in [0.25, 0.3) is 0 Å². The van der Waals surface area contributed by atoms with Gasteiger partial charge in [-0.1, -0.05) is 38.5 Å². The summed E-state index contributed by atoms with van der Waals surface area (Å²) < 4.78 is 34.1. The van der Waals surface area contributed by atoms with Gasteiger partial charge in [-0.15, -0.1) is 0 Å². The van der Waals surface area contributed by atoms with Crippen molar-refractivity contribution in [1.29, 1.82) is 0 Å². The monoisotopic (exact) mass is 374 g/mol. The van der Waals surface area contributed by atoms with Gasteiger partial charge in [-0.05, 0) is 67.3 Å². The maximum absolute atomic E-state index is 14.8. The Hall–Kier alpha value is -1.94. The van der Waals surface area contributed by atoms with E-state index >= 15 is 0 Å². The molecule has 0 unspecified atom stereocenters. The third kappa shape index (κ3) is 4.01. The Kier molecular flexibility index (Phi) is 5.57. The van der Waals surface area contributed by atoms with E-state index in [1.165, 1.54) is 18.2 Å². The lowest BCUT2D eigenvalue weighted by Crippen LogP contribution is -2.35. The molecule has 1 saturated carbocycles. The van der Waals surface area contributed by atoms with E-state index in [4.69, 9.17) is 4.74 Å². The van der Waals surface area contributed by atoms with Crippen molar-refractivity contribution in [3.63, 3.8) is 0 Å². The van der Waals surface area contributed by atoms with Crippen LogP contribution in [0.5, 0.6) is 5.75 Å². The molecule has 0 bridgehead atoms. The minimum absolute atomic E-state index is 0.161. The van der Waals surface area contributed by atoms with Crippen molar-refractivity contribution in [2.45, 2.75) is 58.5 Å². The Balaban J connectivity index is 1.85. The van der Waals surface area contributed by atoms with Crippen LogP contribution in [0, 0.1) is 17.0 Å². The van der Waals surface area contributed by atoms with Gasteiger partial charge in [0.1, 0.15) is 5.82 Å². The van der Waals surface area contributed by atoms with E-state index < -0.39 is 17.2 Å². The summed E-state index contributed by atoms with van der Waals surface area (Å²) in [5.74, 6) is -0.801. The zero-order chi connectivity index (χ0) is 19.7. The van der Waals surface area contributed by atoms with Gasteiger partial charge in [0.2, 0.25) is 0 Å². The molecule has 0 spiro atoms. The van der Waals surface area contributed by atoms with Crippen LogP contribution in [0.4, 0.5) is 8.78 Å². The SMILES string of the molecule is CCOc1ccc(-c2ccc(C3(O)CCC(C)(CC)CC3)cc2F)cc1F. The second-order valence-corrected chi connectivity index (χ2v) is 7.97. The number of benzene rings is 2. The lowest BCUT2D eigenvalue weighted by molar-refractivity contribution is -0.0357. The average Bonchev–Trinajstić information content (AvgIpc) is 2.66. The van der Waals surface area contributed by atoms with Gasteiger partial charge in [0.05, 0.1) is 12.2 Å². The quantitative estimate of drug-likeness (QED) is 0.674. The van der Waals surface area contributed by atoms with E-state index in [0.717, 1.165) is 19.3 Å². The predicted octanol–water partition coefficient (Wildman–Crippen LogP) is 6.21. The number of hydrogen-bond acceptors (Lipinski definition) is 2. The zero-order valence-electron chi connectivity index (χ0n) is 16.3. The van der Waals surface area contributed by atoms with Gasteiger partial charge in [0.15, 0.2) is 11.6 Å². The maximum Gasteiger partial charge on any atom is 0.165 e. The highest BCUT2D eigenvalue weighted by Crippen LogP contribution is 2.47.